The molecule has 1 aromatic heterocycles. The Morgan fingerprint density at radius 3 is 2.44 bits per heavy atom. The first-order chi connectivity index (χ1) is 8.58. The Labute approximate surface area is 112 Å². The number of amides is 1. The number of nitrogens with zero attached hydrogens (tertiary/aromatic N) is 2. The number of nitrogens with one attached hydrogen (secondary N) is 1. The molecule has 92 valence electrons. The zero-order valence-corrected chi connectivity index (χ0v) is 10.3. The molecular weight excluding hydrogens is 280 g/mol. The summed E-state index contributed by atoms with van der Waals surface area (Å²) >= 11 is 11.4. The van der Waals surface area contributed by atoms with Gasteiger partial charge in [-0.05, 0) is 12.1 Å². The van der Waals surface area contributed by atoms with Gasteiger partial charge in [-0.1, -0.05) is 23.2 Å². The van der Waals surface area contributed by atoms with Crippen LogP contribution in [0, 0.1) is 5.82 Å². The molecule has 4 nitrogen and oxygen atoms in total. The van der Waals surface area contributed by atoms with Gasteiger partial charge in [-0.3, -0.25) is 4.79 Å². The lowest BCUT2D eigenvalue weighted by molar-refractivity contribution is 0.102. The van der Waals surface area contributed by atoms with Gasteiger partial charge in [-0.15, -0.1) is 0 Å². The van der Waals surface area contributed by atoms with Crippen molar-refractivity contribution in [1.29, 1.82) is 0 Å². The van der Waals surface area contributed by atoms with Crippen LogP contribution in [0.3, 0.4) is 0 Å². The summed E-state index contributed by atoms with van der Waals surface area (Å²) in [5, 5.41) is 2.59. The summed E-state index contributed by atoms with van der Waals surface area (Å²) < 4.78 is 13.5. The lowest BCUT2D eigenvalue weighted by Gasteiger charge is -2.06. The number of carbonyl (C=O) groups excluding carboxylic acids is 1. The van der Waals surface area contributed by atoms with Crippen molar-refractivity contribution in [1.82, 2.24) is 9.97 Å². The Kier molecular flexibility index (Phi) is 3.74. The third-order valence-corrected chi connectivity index (χ3v) is 2.80. The van der Waals surface area contributed by atoms with Crippen LogP contribution in [0.25, 0.3) is 0 Å². The van der Waals surface area contributed by atoms with Crippen molar-refractivity contribution in [2.45, 2.75) is 0 Å². The lowest BCUT2D eigenvalue weighted by atomic mass is 10.2. The standard InChI is InChI=1S/C11H6Cl2FN3O/c12-8-1-7(10(14)2-9(8)13)11(18)17-6-3-15-5-16-4-6/h1-5H,(H,17,18). The molecule has 0 atom stereocenters. The maximum absolute atomic E-state index is 13.5. The second-order valence-corrected chi connectivity index (χ2v) is 4.14. The maximum Gasteiger partial charge on any atom is 0.258 e. The molecule has 2 rings (SSSR count). The van der Waals surface area contributed by atoms with Crippen LogP contribution < -0.4 is 5.32 Å². The Balaban J connectivity index is 2.27. The monoisotopic (exact) mass is 285 g/mol. The molecule has 0 bridgehead atoms. The first kappa shape index (κ1) is 12.7. The molecule has 2 aromatic rings. The number of carbonyl (C=O) groups is 1. The van der Waals surface area contributed by atoms with Gasteiger partial charge < -0.3 is 5.32 Å². The fraction of sp³-hybridized carbons (Fsp3) is 0. The minimum Gasteiger partial charge on any atom is -0.319 e. The highest BCUT2D eigenvalue weighted by Crippen LogP contribution is 2.25. The minimum atomic E-state index is -0.751. The second-order valence-electron chi connectivity index (χ2n) is 3.33. The predicted octanol–water partition coefficient (Wildman–Crippen LogP) is 3.17. The van der Waals surface area contributed by atoms with E-state index in [9.17, 15) is 9.18 Å². The average molecular weight is 286 g/mol. The predicted molar refractivity (Wildman–Crippen MR) is 66.4 cm³/mol. The molecule has 0 aliphatic rings. The van der Waals surface area contributed by atoms with Crippen molar-refractivity contribution < 1.29 is 9.18 Å². The summed E-state index contributed by atoms with van der Waals surface area (Å²) in [6.45, 7) is 0. The summed E-state index contributed by atoms with van der Waals surface area (Å²) in [6.07, 6.45) is 4.09. The van der Waals surface area contributed by atoms with Crippen molar-refractivity contribution in [3.8, 4) is 0 Å². The number of halogens is 3. The van der Waals surface area contributed by atoms with Crippen LogP contribution in [-0.4, -0.2) is 15.9 Å². The highest BCUT2D eigenvalue weighted by Gasteiger charge is 2.14. The summed E-state index contributed by atoms with van der Waals surface area (Å²) in [6, 6.07) is 2.15. The van der Waals surface area contributed by atoms with Crippen LogP contribution in [0.4, 0.5) is 10.1 Å². The summed E-state index contributed by atoms with van der Waals surface area (Å²) in [5.74, 6) is -1.40. The van der Waals surface area contributed by atoms with Gasteiger partial charge in [0.2, 0.25) is 0 Å². The van der Waals surface area contributed by atoms with Gasteiger partial charge in [0, 0.05) is 0 Å². The van der Waals surface area contributed by atoms with Crippen molar-refractivity contribution in [2.75, 3.05) is 5.32 Å². The van der Waals surface area contributed by atoms with Gasteiger partial charge in [0.05, 0.1) is 33.7 Å². The molecule has 0 unspecified atom stereocenters. The molecule has 1 amide bonds. The topological polar surface area (TPSA) is 54.9 Å². The van der Waals surface area contributed by atoms with Gasteiger partial charge in [-0.25, -0.2) is 14.4 Å². The number of anilines is 1. The lowest BCUT2D eigenvalue weighted by Crippen LogP contribution is -2.14. The van der Waals surface area contributed by atoms with E-state index in [0.29, 0.717) is 5.69 Å². The van der Waals surface area contributed by atoms with E-state index in [1.807, 2.05) is 0 Å². The summed E-state index contributed by atoms with van der Waals surface area (Å²) in [4.78, 5) is 19.2. The number of hydrogen-bond donors (Lipinski definition) is 1. The molecule has 18 heavy (non-hydrogen) atoms. The first-order valence-corrected chi connectivity index (χ1v) is 5.54. The molecule has 7 heteroatoms. The molecular formula is C11H6Cl2FN3O. The third-order valence-electron chi connectivity index (χ3n) is 2.07. The van der Waals surface area contributed by atoms with Gasteiger partial charge in [0.1, 0.15) is 12.1 Å². The van der Waals surface area contributed by atoms with E-state index in [1.165, 1.54) is 24.8 Å². The molecule has 0 saturated carbocycles. The maximum atomic E-state index is 13.5. The zero-order valence-electron chi connectivity index (χ0n) is 8.82. The van der Waals surface area contributed by atoms with E-state index in [2.05, 4.69) is 15.3 Å². The fourth-order valence-electron chi connectivity index (χ4n) is 1.26. The van der Waals surface area contributed by atoms with Crippen molar-refractivity contribution >= 4 is 34.8 Å². The molecule has 0 aliphatic carbocycles. The molecule has 0 radical (unpaired) electrons. The molecule has 0 fully saturated rings. The zero-order chi connectivity index (χ0) is 13.1. The van der Waals surface area contributed by atoms with Crippen LogP contribution in [0.15, 0.2) is 30.9 Å². The number of benzene rings is 1. The van der Waals surface area contributed by atoms with Crippen LogP contribution in [0.1, 0.15) is 10.4 Å². The van der Waals surface area contributed by atoms with Gasteiger partial charge in [0.15, 0.2) is 0 Å². The number of hydrogen-bond acceptors (Lipinski definition) is 3. The van der Waals surface area contributed by atoms with E-state index in [4.69, 9.17) is 23.2 Å². The largest absolute Gasteiger partial charge is 0.319 e. The Morgan fingerprint density at radius 1 is 1.17 bits per heavy atom. The van der Waals surface area contributed by atoms with Crippen LogP contribution in [0.5, 0.6) is 0 Å². The molecule has 0 saturated heterocycles. The highest BCUT2D eigenvalue weighted by atomic mass is 35.5. The van der Waals surface area contributed by atoms with E-state index in [1.54, 1.807) is 0 Å². The smallest absolute Gasteiger partial charge is 0.258 e. The molecule has 0 aliphatic heterocycles. The van der Waals surface area contributed by atoms with E-state index < -0.39 is 11.7 Å². The van der Waals surface area contributed by atoms with E-state index in [-0.39, 0.29) is 15.6 Å². The summed E-state index contributed by atoms with van der Waals surface area (Å²) in [5.41, 5.74) is 0.154. The Morgan fingerprint density at radius 2 is 1.78 bits per heavy atom. The van der Waals surface area contributed by atoms with Crippen LogP contribution >= 0.6 is 23.2 Å². The average Bonchev–Trinajstić information content (AvgIpc) is 2.35. The second kappa shape index (κ2) is 5.29. The summed E-state index contributed by atoms with van der Waals surface area (Å²) in [7, 11) is 0. The SMILES string of the molecule is O=C(Nc1cncnc1)c1cc(Cl)c(Cl)cc1F. The molecule has 1 aromatic carbocycles. The Hall–Kier alpha value is -1.72. The van der Waals surface area contributed by atoms with Gasteiger partial charge in [0.25, 0.3) is 5.91 Å². The van der Waals surface area contributed by atoms with Gasteiger partial charge >= 0.3 is 0 Å². The highest BCUT2D eigenvalue weighted by molar-refractivity contribution is 6.42. The first-order valence-electron chi connectivity index (χ1n) is 4.79. The van der Waals surface area contributed by atoms with Crippen LogP contribution in [0.2, 0.25) is 10.0 Å². The fourth-order valence-corrected chi connectivity index (χ4v) is 1.57. The number of rotatable bonds is 2. The van der Waals surface area contributed by atoms with Crippen molar-refractivity contribution in [3.05, 3.63) is 52.3 Å². The van der Waals surface area contributed by atoms with Crippen LogP contribution in [-0.2, 0) is 0 Å². The van der Waals surface area contributed by atoms with E-state index in [0.717, 1.165) is 6.07 Å². The van der Waals surface area contributed by atoms with E-state index >= 15 is 0 Å². The Bertz CT molecular complexity index is 592. The third kappa shape index (κ3) is 2.75. The minimum absolute atomic E-state index is 0.0498. The molecule has 1 heterocycles. The molecule has 1 N–H and O–H groups in total. The molecule has 0 spiro atoms. The normalized spacial score (nSPS) is 10.2. The quantitative estimate of drug-likeness (QED) is 0.863. The van der Waals surface area contributed by atoms with Gasteiger partial charge in [-0.2, -0.15) is 0 Å². The number of aromatic nitrogens is 2. The van der Waals surface area contributed by atoms with Crippen molar-refractivity contribution in [3.63, 3.8) is 0 Å². The van der Waals surface area contributed by atoms with Crippen molar-refractivity contribution in [2.24, 2.45) is 0 Å².